The first kappa shape index (κ1) is 16.3. The molecule has 0 aliphatic carbocycles. The van der Waals surface area contributed by atoms with E-state index < -0.39 is 18.9 Å². The Bertz CT molecular complexity index is 446. The number of rotatable bonds is 7. The summed E-state index contributed by atoms with van der Waals surface area (Å²) >= 11 is 0. The van der Waals surface area contributed by atoms with E-state index >= 15 is 0 Å². The molecule has 1 aromatic rings. The molecule has 4 nitrogen and oxygen atoms in total. The number of ether oxygens (including phenoxy) is 2. The molecule has 0 aliphatic heterocycles. The van der Waals surface area contributed by atoms with Crippen molar-refractivity contribution in [2.24, 2.45) is 0 Å². The van der Waals surface area contributed by atoms with E-state index in [1.165, 1.54) is 18.2 Å². The van der Waals surface area contributed by atoms with Gasteiger partial charge in [0.1, 0.15) is 18.1 Å². The van der Waals surface area contributed by atoms with Crippen molar-refractivity contribution in [2.75, 3.05) is 13.2 Å². The maximum atomic E-state index is 12.2. The molecule has 112 valence electrons. The molecule has 1 unspecified atom stereocenters. The molecule has 20 heavy (non-hydrogen) atoms. The fourth-order valence-corrected chi connectivity index (χ4v) is 1.31. The third-order valence-electron chi connectivity index (χ3n) is 2.36. The first-order valence-electron chi connectivity index (χ1n) is 5.98. The first-order valence-corrected chi connectivity index (χ1v) is 5.98. The van der Waals surface area contributed by atoms with E-state index in [1.54, 1.807) is 0 Å². The molecule has 0 amide bonds. The Balaban J connectivity index is 2.78. The van der Waals surface area contributed by atoms with Crippen LogP contribution in [0.25, 0.3) is 0 Å². The van der Waals surface area contributed by atoms with E-state index in [4.69, 9.17) is 14.6 Å². The van der Waals surface area contributed by atoms with Gasteiger partial charge in [0.15, 0.2) is 12.4 Å². The molecule has 1 atom stereocenters. The number of halogens is 3. The standard InChI is InChI=1S/C13H15F3O4/c1-2-5-19-10-4-3-9(7-17)11(6-10)20-8-12(18)13(14,15)16/h3-4,6-7,12,18H,2,5,8H2,1H3. The number of hydrogen-bond donors (Lipinski definition) is 1. The van der Waals surface area contributed by atoms with Crippen molar-refractivity contribution in [3.05, 3.63) is 23.8 Å². The predicted octanol–water partition coefficient (Wildman–Crippen LogP) is 2.59. The van der Waals surface area contributed by atoms with Gasteiger partial charge in [-0.05, 0) is 18.6 Å². The van der Waals surface area contributed by atoms with Crippen LogP contribution in [0.2, 0.25) is 0 Å². The second-order valence-corrected chi connectivity index (χ2v) is 4.03. The number of aliphatic hydroxyl groups excluding tert-OH is 1. The molecular weight excluding hydrogens is 277 g/mol. The highest BCUT2D eigenvalue weighted by Crippen LogP contribution is 2.26. The second-order valence-electron chi connectivity index (χ2n) is 4.03. The van der Waals surface area contributed by atoms with E-state index in [2.05, 4.69) is 0 Å². The largest absolute Gasteiger partial charge is 0.493 e. The number of benzene rings is 1. The van der Waals surface area contributed by atoms with E-state index in [9.17, 15) is 18.0 Å². The molecule has 0 aliphatic rings. The zero-order valence-electron chi connectivity index (χ0n) is 10.8. The van der Waals surface area contributed by atoms with Crippen LogP contribution in [0, 0.1) is 0 Å². The summed E-state index contributed by atoms with van der Waals surface area (Å²) in [7, 11) is 0. The number of carbonyl (C=O) groups excluding carboxylic acids is 1. The second kappa shape index (κ2) is 7.14. The molecule has 0 spiro atoms. The summed E-state index contributed by atoms with van der Waals surface area (Å²) in [6.45, 7) is 1.35. The minimum absolute atomic E-state index is 0.0584. The van der Waals surface area contributed by atoms with Gasteiger partial charge in [-0.25, -0.2) is 0 Å². The topological polar surface area (TPSA) is 55.8 Å². The summed E-state index contributed by atoms with van der Waals surface area (Å²) in [6.07, 6.45) is -6.16. The normalized spacial score (nSPS) is 12.8. The Morgan fingerprint density at radius 1 is 1.35 bits per heavy atom. The lowest BCUT2D eigenvalue weighted by atomic mass is 10.2. The molecule has 1 aromatic carbocycles. The Kier molecular flexibility index (Phi) is 5.82. The van der Waals surface area contributed by atoms with Gasteiger partial charge in [-0.1, -0.05) is 6.92 Å². The SMILES string of the molecule is CCCOc1ccc(C=O)c(OCC(O)C(F)(F)F)c1. The fraction of sp³-hybridized carbons (Fsp3) is 0.462. The molecule has 0 aromatic heterocycles. The van der Waals surface area contributed by atoms with Gasteiger partial charge in [0.2, 0.25) is 0 Å². The van der Waals surface area contributed by atoms with Gasteiger partial charge in [-0.3, -0.25) is 4.79 Å². The van der Waals surface area contributed by atoms with Crippen molar-refractivity contribution in [2.45, 2.75) is 25.6 Å². The van der Waals surface area contributed by atoms with E-state index in [-0.39, 0.29) is 11.3 Å². The summed E-state index contributed by atoms with van der Waals surface area (Å²) in [4.78, 5) is 10.8. The highest BCUT2D eigenvalue weighted by atomic mass is 19.4. The number of aldehydes is 1. The van der Waals surface area contributed by atoms with E-state index in [1.807, 2.05) is 6.92 Å². The molecule has 0 radical (unpaired) electrons. The Labute approximate surface area is 114 Å². The van der Waals surface area contributed by atoms with Crippen molar-refractivity contribution in [3.63, 3.8) is 0 Å². The molecule has 0 fully saturated rings. The molecule has 0 saturated carbocycles. The molecule has 7 heteroatoms. The van der Waals surface area contributed by atoms with Crippen LogP contribution in [0.1, 0.15) is 23.7 Å². The van der Waals surface area contributed by atoms with Crippen LogP contribution in [0.5, 0.6) is 11.5 Å². The zero-order chi connectivity index (χ0) is 15.2. The maximum Gasteiger partial charge on any atom is 0.417 e. The van der Waals surface area contributed by atoms with Crippen molar-refractivity contribution in [3.8, 4) is 11.5 Å². The van der Waals surface area contributed by atoms with Crippen molar-refractivity contribution in [1.29, 1.82) is 0 Å². The van der Waals surface area contributed by atoms with Gasteiger partial charge >= 0.3 is 6.18 Å². The number of aliphatic hydroxyl groups is 1. The summed E-state index contributed by atoms with van der Waals surface area (Å²) in [5.41, 5.74) is 0.0863. The number of alkyl halides is 3. The summed E-state index contributed by atoms with van der Waals surface area (Å²) in [6, 6.07) is 4.22. The smallest absolute Gasteiger partial charge is 0.417 e. The lowest BCUT2D eigenvalue weighted by Gasteiger charge is -2.16. The van der Waals surface area contributed by atoms with Gasteiger partial charge in [0, 0.05) is 6.07 Å². The lowest BCUT2D eigenvalue weighted by molar-refractivity contribution is -0.210. The fourth-order valence-electron chi connectivity index (χ4n) is 1.31. The number of carbonyl (C=O) groups is 1. The highest BCUT2D eigenvalue weighted by Gasteiger charge is 2.38. The first-order chi connectivity index (χ1) is 9.38. The lowest BCUT2D eigenvalue weighted by Crippen LogP contribution is -2.34. The van der Waals surface area contributed by atoms with Crippen LogP contribution in [0.15, 0.2) is 18.2 Å². The summed E-state index contributed by atoms with van der Waals surface area (Å²) in [5, 5.41) is 8.85. The van der Waals surface area contributed by atoms with Gasteiger partial charge in [0.25, 0.3) is 0 Å². The third kappa shape index (κ3) is 4.73. The summed E-state index contributed by atoms with van der Waals surface area (Å²) < 4.78 is 46.6. The predicted molar refractivity (Wildman–Crippen MR) is 65.2 cm³/mol. The monoisotopic (exact) mass is 292 g/mol. The Morgan fingerprint density at radius 2 is 2.05 bits per heavy atom. The third-order valence-corrected chi connectivity index (χ3v) is 2.36. The van der Waals surface area contributed by atoms with Crippen molar-refractivity contribution < 1.29 is 32.5 Å². The molecule has 1 rings (SSSR count). The van der Waals surface area contributed by atoms with Crippen LogP contribution in [0.4, 0.5) is 13.2 Å². The average Bonchev–Trinajstić information content (AvgIpc) is 2.41. The van der Waals surface area contributed by atoms with E-state index in [0.717, 1.165) is 6.42 Å². The molecule has 0 saturated heterocycles. The quantitative estimate of drug-likeness (QED) is 0.785. The van der Waals surface area contributed by atoms with Crippen LogP contribution < -0.4 is 9.47 Å². The minimum atomic E-state index is -4.77. The van der Waals surface area contributed by atoms with Gasteiger partial charge in [-0.15, -0.1) is 0 Å². The molecular formula is C13H15F3O4. The summed E-state index contributed by atoms with van der Waals surface area (Å²) in [5.74, 6) is 0.325. The van der Waals surface area contributed by atoms with Gasteiger partial charge in [-0.2, -0.15) is 13.2 Å². The molecule has 0 bridgehead atoms. The van der Waals surface area contributed by atoms with Crippen molar-refractivity contribution in [1.82, 2.24) is 0 Å². The van der Waals surface area contributed by atoms with Crippen LogP contribution >= 0.6 is 0 Å². The van der Waals surface area contributed by atoms with Crippen LogP contribution in [-0.2, 0) is 0 Å². The van der Waals surface area contributed by atoms with Gasteiger partial charge in [0.05, 0.1) is 12.2 Å². The Morgan fingerprint density at radius 3 is 2.60 bits per heavy atom. The van der Waals surface area contributed by atoms with Crippen molar-refractivity contribution >= 4 is 6.29 Å². The van der Waals surface area contributed by atoms with Crippen LogP contribution in [0.3, 0.4) is 0 Å². The highest BCUT2D eigenvalue weighted by molar-refractivity contribution is 5.79. The van der Waals surface area contributed by atoms with Crippen LogP contribution in [-0.4, -0.2) is 36.9 Å². The maximum absolute atomic E-state index is 12.2. The van der Waals surface area contributed by atoms with Gasteiger partial charge < -0.3 is 14.6 Å². The average molecular weight is 292 g/mol. The van der Waals surface area contributed by atoms with E-state index in [0.29, 0.717) is 18.6 Å². The number of hydrogen-bond acceptors (Lipinski definition) is 4. The minimum Gasteiger partial charge on any atom is -0.493 e. The zero-order valence-corrected chi connectivity index (χ0v) is 10.8. The Hall–Kier alpha value is -1.76. The molecule has 0 heterocycles. The molecule has 1 N–H and O–H groups in total.